The summed E-state index contributed by atoms with van der Waals surface area (Å²) in [5.41, 5.74) is 1.22. The molecule has 0 saturated heterocycles. The van der Waals surface area contributed by atoms with Gasteiger partial charge in [-0.15, -0.1) is 0 Å². The first kappa shape index (κ1) is 13.5. The van der Waals surface area contributed by atoms with Gasteiger partial charge in [0.25, 0.3) is 0 Å². The van der Waals surface area contributed by atoms with Crippen LogP contribution in [0.2, 0.25) is 0 Å². The van der Waals surface area contributed by atoms with Gasteiger partial charge in [0.15, 0.2) is 0 Å². The van der Waals surface area contributed by atoms with E-state index in [0.29, 0.717) is 24.4 Å². The van der Waals surface area contributed by atoms with Gasteiger partial charge < -0.3 is 15.5 Å². The zero-order chi connectivity index (χ0) is 13.7. The maximum absolute atomic E-state index is 4.37. The summed E-state index contributed by atoms with van der Waals surface area (Å²) in [6.45, 7) is 3.50. The van der Waals surface area contributed by atoms with Crippen LogP contribution >= 0.6 is 11.3 Å². The summed E-state index contributed by atoms with van der Waals surface area (Å²) in [5.74, 6) is 1.81. The third kappa shape index (κ3) is 3.78. The van der Waals surface area contributed by atoms with E-state index in [4.69, 9.17) is 0 Å². The Labute approximate surface area is 116 Å². The van der Waals surface area contributed by atoms with Crippen LogP contribution in [0.5, 0.6) is 0 Å². The quantitative estimate of drug-likeness (QED) is 0.843. The van der Waals surface area contributed by atoms with Gasteiger partial charge in [0.2, 0.25) is 17.8 Å². The van der Waals surface area contributed by atoms with E-state index < -0.39 is 0 Å². The third-order valence-electron chi connectivity index (χ3n) is 2.39. The first-order valence-corrected chi connectivity index (χ1v) is 7.05. The second-order valence-corrected chi connectivity index (χ2v) is 4.97. The molecule has 2 heterocycles. The summed E-state index contributed by atoms with van der Waals surface area (Å²) in [6.07, 6.45) is 0. The lowest BCUT2D eigenvalue weighted by molar-refractivity contribution is 0.937. The zero-order valence-corrected chi connectivity index (χ0v) is 12.2. The number of anilines is 3. The van der Waals surface area contributed by atoms with Gasteiger partial charge in [-0.2, -0.15) is 26.3 Å². The topological polar surface area (TPSA) is 66.0 Å². The fourth-order valence-electron chi connectivity index (χ4n) is 1.46. The van der Waals surface area contributed by atoms with Crippen molar-refractivity contribution in [3.63, 3.8) is 0 Å². The molecule has 102 valence electrons. The van der Waals surface area contributed by atoms with Crippen molar-refractivity contribution >= 4 is 29.2 Å². The Bertz CT molecular complexity index is 511. The van der Waals surface area contributed by atoms with Crippen LogP contribution in [0.3, 0.4) is 0 Å². The van der Waals surface area contributed by atoms with Crippen LogP contribution in [-0.2, 0) is 6.54 Å². The Hall–Kier alpha value is -1.89. The van der Waals surface area contributed by atoms with E-state index in [1.54, 1.807) is 11.3 Å². The number of hydrogen-bond donors (Lipinski definition) is 2. The Kier molecular flexibility index (Phi) is 4.51. The summed E-state index contributed by atoms with van der Waals surface area (Å²) in [5, 5.41) is 10.5. The first-order valence-electron chi connectivity index (χ1n) is 6.11. The van der Waals surface area contributed by atoms with Crippen LogP contribution in [0.4, 0.5) is 17.8 Å². The van der Waals surface area contributed by atoms with Gasteiger partial charge in [0, 0.05) is 27.2 Å². The fourth-order valence-corrected chi connectivity index (χ4v) is 2.12. The summed E-state index contributed by atoms with van der Waals surface area (Å²) < 4.78 is 0. The van der Waals surface area contributed by atoms with E-state index in [9.17, 15) is 0 Å². The van der Waals surface area contributed by atoms with Crippen LogP contribution in [0.1, 0.15) is 12.5 Å². The molecule has 2 aromatic rings. The molecule has 0 aliphatic rings. The molecule has 0 amide bonds. The maximum Gasteiger partial charge on any atom is 0.231 e. The van der Waals surface area contributed by atoms with Crippen molar-refractivity contribution in [2.75, 3.05) is 36.2 Å². The molecule has 2 rings (SSSR count). The largest absolute Gasteiger partial charge is 0.354 e. The van der Waals surface area contributed by atoms with Gasteiger partial charge in [0.1, 0.15) is 0 Å². The lowest BCUT2D eigenvalue weighted by Gasteiger charge is -2.13. The van der Waals surface area contributed by atoms with E-state index in [-0.39, 0.29) is 0 Å². The standard InChI is InChI=1S/C12H18N6S/c1-4-13-10-15-11(17-12(16-10)18(2)3)14-7-9-5-6-19-8-9/h5-6,8H,4,7H2,1-3H3,(H2,13,14,15,16,17). The first-order chi connectivity index (χ1) is 9.19. The van der Waals surface area contributed by atoms with E-state index in [1.807, 2.05) is 25.9 Å². The van der Waals surface area contributed by atoms with Crippen LogP contribution in [0.25, 0.3) is 0 Å². The molecule has 0 aliphatic carbocycles. The normalized spacial score (nSPS) is 10.3. The molecule has 6 nitrogen and oxygen atoms in total. The van der Waals surface area contributed by atoms with Crippen LogP contribution in [0.15, 0.2) is 16.8 Å². The average molecular weight is 278 g/mol. The number of aromatic nitrogens is 3. The molecule has 0 aliphatic heterocycles. The fraction of sp³-hybridized carbons (Fsp3) is 0.417. The molecule has 0 aromatic carbocycles. The number of hydrogen-bond acceptors (Lipinski definition) is 7. The van der Waals surface area contributed by atoms with Crippen LogP contribution < -0.4 is 15.5 Å². The molecule has 2 N–H and O–H groups in total. The lowest BCUT2D eigenvalue weighted by Crippen LogP contribution is -2.17. The summed E-state index contributed by atoms with van der Waals surface area (Å²) in [6, 6.07) is 2.08. The Balaban J connectivity index is 2.13. The predicted octanol–water partition coefficient (Wildman–Crippen LogP) is 2.04. The molecular formula is C12H18N6S. The molecule has 2 aromatic heterocycles. The summed E-state index contributed by atoms with van der Waals surface area (Å²) in [4.78, 5) is 14.9. The van der Waals surface area contributed by atoms with Gasteiger partial charge in [-0.1, -0.05) is 0 Å². The molecule has 0 fully saturated rings. The molecule has 0 bridgehead atoms. The van der Waals surface area contributed by atoms with Crippen molar-refractivity contribution in [2.45, 2.75) is 13.5 Å². The van der Waals surface area contributed by atoms with Gasteiger partial charge in [0.05, 0.1) is 0 Å². The summed E-state index contributed by atoms with van der Waals surface area (Å²) in [7, 11) is 3.82. The molecule has 0 saturated carbocycles. The molecule has 0 radical (unpaired) electrons. The Morgan fingerprint density at radius 2 is 1.89 bits per heavy atom. The van der Waals surface area contributed by atoms with Crippen molar-refractivity contribution in [2.24, 2.45) is 0 Å². The van der Waals surface area contributed by atoms with Crippen molar-refractivity contribution < 1.29 is 0 Å². The predicted molar refractivity (Wildman–Crippen MR) is 80.0 cm³/mol. The second kappa shape index (κ2) is 6.33. The summed E-state index contributed by atoms with van der Waals surface area (Å²) >= 11 is 1.68. The van der Waals surface area contributed by atoms with E-state index >= 15 is 0 Å². The highest BCUT2D eigenvalue weighted by Crippen LogP contribution is 2.13. The SMILES string of the molecule is CCNc1nc(NCc2ccsc2)nc(N(C)C)n1. The van der Waals surface area contributed by atoms with Gasteiger partial charge in [-0.25, -0.2) is 0 Å². The highest BCUT2D eigenvalue weighted by molar-refractivity contribution is 7.07. The van der Waals surface area contributed by atoms with E-state index in [0.717, 1.165) is 6.54 Å². The molecule has 0 unspecified atom stereocenters. The third-order valence-corrected chi connectivity index (χ3v) is 3.12. The Morgan fingerprint density at radius 3 is 2.47 bits per heavy atom. The van der Waals surface area contributed by atoms with Gasteiger partial charge in [-0.3, -0.25) is 0 Å². The zero-order valence-electron chi connectivity index (χ0n) is 11.3. The van der Waals surface area contributed by atoms with E-state index in [2.05, 4.69) is 42.4 Å². The molecule has 19 heavy (non-hydrogen) atoms. The number of rotatable bonds is 6. The van der Waals surface area contributed by atoms with Crippen molar-refractivity contribution in [3.8, 4) is 0 Å². The number of thiophene rings is 1. The molecule has 0 atom stereocenters. The Morgan fingerprint density at radius 1 is 1.16 bits per heavy atom. The van der Waals surface area contributed by atoms with Crippen LogP contribution in [0, 0.1) is 0 Å². The van der Waals surface area contributed by atoms with E-state index in [1.165, 1.54) is 5.56 Å². The average Bonchev–Trinajstić information content (AvgIpc) is 2.89. The van der Waals surface area contributed by atoms with Crippen molar-refractivity contribution in [3.05, 3.63) is 22.4 Å². The minimum Gasteiger partial charge on any atom is -0.354 e. The van der Waals surface area contributed by atoms with Crippen molar-refractivity contribution in [1.82, 2.24) is 15.0 Å². The minimum absolute atomic E-state index is 0.584. The number of nitrogens with one attached hydrogen (secondary N) is 2. The highest BCUT2D eigenvalue weighted by Gasteiger charge is 2.07. The van der Waals surface area contributed by atoms with Crippen molar-refractivity contribution in [1.29, 1.82) is 0 Å². The number of nitrogens with zero attached hydrogens (tertiary/aromatic N) is 4. The molecule has 0 spiro atoms. The van der Waals surface area contributed by atoms with Gasteiger partial charge >= 0.3 is 0 Å². The monoisotopic (exact) mass is 278 g/mol. The molecule has 7 heteroatoms. The minimum atomic E-state index is 0.584. The highest BCUT2D eigenvalue weighted by atomic mass is 32.1. The smallest absolute Gasteiger partial charge is 0.231 e. The molecular weight excluding hydrogens is 260 g/mol. The van der Waals surface area contributed by atoms with Crippen LogP contribution in [-0.4, -0.2) is 35.6 Å². The maximum atomic E-state index is 4.37. The second-order valence-electron chi connectivity index (χ2n) is 4.19. The lowest BCUT2D eigenvalue weighted by atomic mass is 10.3. The van der Waals surface area contributed by atoms with Gasteiger partial charge in [-0.05, 0) is 29.3 Å².